The predicted octanol–water partition coefficient (Wildman–Crippen LogP) is 6.72. The lowest BCUT2D eigenvalue weighted by molar-refractivity contribution is 0.102. The van der Waals surface area contributed by atoms with Gasteiger partial charge in [0.2, 0.25) is 0 Å². The first-order valence-electron chi connectivity index (χ1n) is 12.2. The molecule has 0 atom stereocenters. The van der Waals surface area contributed by atoms with Crippen LogP contribution in [0, 0.1) is 18.3 Å². The third-order valence-corrected chi connectivity index (χ3v) is 7.20. The number of nitrogens with zero attached hydrogens (tertiary/aromatic N) is 4. The molecule has 1 N–H and O–H groups in total. The molecule has 6 nitrogen and oxygen atoms in total. The molecule has 1 aromatic heterocycles. The first-order valence-corrected chi connectivity index (χ1v) is 13.2. The molecule has 0 aliphatic carbocycles. The molecular formula is C31H25N5OS. The van der Waals surface area contributed by atoms with Crippen LogP contribution in [0.15, 0.2) is 108 Å². The number of thioether (sulfide) groups is 1. The summed E-state index contributed by atoms with van der Waals surface area (Å²) in [7, 11) is 0. The second-order valence-electron chi connectivity index (χ2n) is 8.78. The number of aryl methyl sites for hydroxylation is 1. The molecule has 5 rings (SSSR count). The molecule has 0 spiro atoms. The summed E-state index contributed by atoms with van der Waals surface area (Å²) < 4.78 is 2.09. The van der Waals surface area contributed by atoms with Gasteiger partial charge in [0, 0.05) is 22.6 Å². The molecule has 1 amide bonds. The minimum atomic E-state index is -0.139. The summed E-state index contributed by atoms with van der Waals surface area (Å²) in [4.78, 5) is 12.7. The molecule has 0 unspecified atom stereocenters. The van der Waals surface area contributed by atoms with Crippen LogP contribution in [0.3, 0.4) is 0 Å². The van der Waals surface area contributed by atoms with Crippen LogP contribution >= 0.6 is 11.8 Å². The monoisotopic (exact) mass is 515 g/mol. The highest BCUT2D eigenvalue weighted by atomic mass is 32.2. The van der Waals surface area contributed by atoms with Gasteiger partial charge in [0.15, 0.2) is 11.0 Å². The molecule has 0 saturated heterocycles. The average molecular weight is 516 g/mol. The van der Waals surface area contributed by atoms with Crippen LogP contribution in [0.4, 0.5) is 5.69 Å². The number of amides is 1. The number of benzene rings is 4. The van der Waals surface area contributed by atoms with Gasteiger partial charge in [-0.2, -0.15) is 5.26 Å². The first kappa shape index (κ1) is 25.0. The maximum Gasteiger partial charge on any atom is 0.255 e. The number of rotatable bonds is 8. The fraction of sp³-hybridized carbons (Fsp3) is 0.0968. The zero-order valence-electron chi connectivity index (χ0n) is 20.8. The Hall–Kier alpha value is -4.67. The highest BCUT2D eigenvalue weighted by Gasteiger charge is 2.16. The molecule has 0 aliphatic heterocycles. The van der Waals surface area contributed by atoms with Crippen LogP contribution < -0.4 is 5.32 Å². The predicted molar refractivity (Wildman–Crippen MR) is 151 cm³/mol. The van der Waals surface area contributed by atoms with Gasteiger partial charge in [-0.05, 0) is 60.0 Å². The van der Waals surface area contributed by atoms with E-state index in [0.29, 0.717) is 29.1 Å². The summed E-state index contributed by atoms with van der Waals surface area (Å²) in [6, 6.07) is 35.2. The minimum absolute atomic E-state index is 0.139. The second-order valence-corrected chi connectivity index (χ2v) is 9.72. The normalized spacial score (nSPS) is 10.6. The minimum Gasteiger partial charge on any atom is -0.322 e. The van der Waals surface area contributed by atoms with Crippen molar-refractivity contribution in [3.05, 3.63) is 131 Å². The van der Waals surface area contributed by atoms with Gasteiger partial charge in [0.05, 0.1) is 18.2 Å². The Bertz CT molecular complexity index is 1600. The van der Waals surface area contributed by atoms with Gasteiger partial charge >= 0.3 is 0 Å². The lowest BCUT2D eigenvalue weighted by Crippen LogP contribution is -2.13. The van der Waals surface area contributed by atoms with Crippen molar-refractivity contribution in [1.29, 1.82) is 5.26 Å². The maximum absolute atomic E-state index is 12.7. The fourth-order valence-corrected chi connectivity index (χ4v) is 5.09. The van der Waals surface area contributed by atoms with Crippen LogP contribution in [0.5, 0.6) is 0 Å². The molecule has 0 aliphatic rings. The number of carbonyl (C=O) groups is 1. The van der Waals surface area contributed by atoms with Gasteiger partial charge in [-0.25, -0.2) is 0 Å². The quantitative estimate of drug-likeness (QED) is 0.232. The van der Waals surface area contributed by atoms with Crippen LogP contribution in [0.2, 0.25) is 0 Å². The second kappa shape index (κ2) is 11.6. The molecule has 1 heterocycles. The maximum atomic E-state index is 12.7. The van der Waals surface area contributed by atoms with Crippen molar-refractivity contribution < 1.29 is 4.79 Å². The summed E-state index contributed by atoms with van der Waals surface area (Å²) >= 11 is 1.56. The molecule has 38 heavy (non-hydrogen) atoms. The van der Waals surface area contributed by atoms with E-state index in [4.69, 9.17) is 0 Å². The standard InChI is InChI=1S/C31H25N5OS/c1-22-9-5-8-14-28(22)30(37)33-27-17-15-24(16-18-27)29-34-35-31(36(29)20-23-10-3-2-4-11-23)38-21-26-13-7-6-12-25(26)19-32/h2-18H,20-21H2,1H3,(H,33,37). The summed E-state index contributed by atoms with van der Waals surface area (Å²) in [5.41, 5.74) is 5.94. The van der Waals surface area contributed by atoms with E-state index in [-0.39, 0.29) is 5.91 Å². The highest BCUT2D eigenvalue weighted by molar-refractivity contribution is 7.98. The van der Waals surface area contributed by atoms with Gasteiger partial charge in [0.25, 0.3) is 5.91 Å². The van der Waals surface area contributed by atoms with E-state index in [1.54, 1.807) is 11.8 Å². The van der Waals surface area contributed by atoms with Crippen LogP contribution in [-0.4, -0.2) is 20.7 Å². The fourth-order valence-electron chi connectivity index (χ4n) is 4.14. The van der Waals surface area contributed by atoms with E-state index in [1.165, 1.54) is 0 Å². The van der Waals surface area contributed by atoms with Crippen molar-refractivity contribution in [3.63, 3.8) is 0 Å². The summed E-state index contributed by atoms with van der Waals surface area (Å²) in [6.45, 7) is 2.53. The van der Waals surface area contributed by atoms with Crippen LogP contribution in [-0.2, 0) is 12.3 Å². The Morgan fingerprint density at radius 2 is 1.61 bits per heavy atom. The SMILES string of the molecule is Cc1ccccc1C(=O)Nc1ccc(-c2nnc(SCc3ccccc3C#N)n2Cc2ccccc2)cc1. The van der Waals surface area contributed by atoms with E-state index in [0.717, 1.165) is 33.2 Å². The van der Waals surface area contributed by atoms with Crippen molar-refractivity contribution in [3.8, 4) is 17.5 Å². The average Bonchev–Trinajstić information content (AvgIpc) is 3.35. The molecule has 0 radical (unpaired) electrons. The number of anilines is 1. The Morgan fingerprint density at radius 3 is 2.37 bits per heavy atom. The topological polar surface area (TPSA) is 83.6 Å². The summed E-state index contributed by atoms with van der Waals surface area (Å²) in [6.07, 6.45) is 0. The highest BCUT2D eigenvalue weighted by Crippen LogP contribution is 2.29. The largest absolute Gasteiger partial charge is 0.322 e. The number of nitrogens with one attached hydrogen (secondary N) is 1. The number of nitriles is 1. The van der Waals surface area contributed by atoms with E-state index >= 15 is 0 Å². The molecule has 0 bridgehead atoms. The Kier molecular flexibility index (Phi) is 7.62. The van der Waals surface area contributed by atoms with Gasteiger partial charge < -0.3 is 5.32 Å². The van der Waals surface area contributed by atoms with Crippen molar-refractivity contribution >= 4 is 23.4 Å². The Balaban J connectivity index is 1.40. The zero-order chi connectivity index (χ0) is 26.3. The smallest absolute Gasteiger partial charge is 0.255 e. The molecule has 0 fully saturated rings. The molecule has 4 aromatic carbocycles. The van der Waals surface area contributed by atoms with Gasteiger partial charge in [-0.3, -0.25) is 9.36 Å². The number of hydrogen-bond donors (Lipinski definition) is 1. The molecule has 0 saturated carbocycles. The number of carbonyl (C=O) groups excluding carboxylic acids is 1. The lowest BCUT2D eigenvalue weighted by Gasteiger charge is -2.12. The zero-order valence-corrected chi connectivity index (χ0v) is 21.7. The number of hydrogen-bond acceptors (Lipinski definition) is 5. The third-order valence-electron chi connectivity index (χ3n) is 6.19. The number of aromatic nitrogens is 3. The first-order chi connectivity index (χ1) is 18.6. The van der Waals surface area contributed by atoms with Gasteiger partial charge in [-0.15, -0.1) is 10.2 Å². The van der Waals surface area contributed by atoms with Gasteiger partial charge in [0.1, 0.15) is 0 Å². The van der Waals surface area contributed by atoms with Crippen LogP contribution in [0.25, 0.3) is 11.4 Å². The van der Waals surface area contributed by atoms with Crippen LogP contribution in [0.1, 0.15) is 32.6 Å². The Morgan fingerprint density at radius 1 is 0.895 bits per heavy atom. The van der Waals surface area contributed by atoms with Crippen molar-refractivity contribution in [2.45, 2.75) is 24.4 Å². The molecule has 7 heteroatoms. The third kappa shape index (κ3) is 5.66. The summed E-state index contributed by atoms with van der Waals surface area (Å²) in [5.74, 6) is 1.21. The van der Waals surface area contributed by atoms with Gasteiger partial charge in [-0.1, -0.05) is 78.5 Å². The van der Waals surface area contributed by atoms with E-state index in [9.17, 15) is 10.1 Å². The van der Waals surface area contributed by atoms with E-state index < -0.39 is 0 Å². The van der Waals surface area contributed by atoms with Crippen molar-refractivity contribution in [1.82, 2.24) is 14.8 Å². The molecule has 186 valence electrons. The molecule has 5 aromatic rings. The summed E-state index contributed by atoms with van der Waals surface area (Å²) in [5, 5.41) is 22.2. The van der Waals surface area contributed by atoms with Crippen molar-refractivity contribution in [2.75, 3.05) is 5.32 Å². The molecular weight excluding hydrogens is 490 g/mol. The lowest BCUT2D eigenvalue weighted by atomic mass is 10.1. The van der Waals surface area contributed by atoms with Crippen molar-refractivity contribution in [2.24, 2.45) is 0 Å². The Labute approximate surface area is 226 Å². The van der Waals surface area contributed by atoms with E-state index in [1.807, 2.05) is 97.9 Å². The van der Waals surface area contributed by atoms with E-state index in [2.05, 4.69) is 38.3 Å².